The number of rotatable bonds is 0. The van der Waals surface area contributed by atoms with E-state index in [4.69, 9.17) is 0 Å². The molecule has 0 aliphatic heterocycles. The molecule has 11 heavy (non-hydrogen) atoms. The molecular formula is C4H6NiO2S4. The molecule has 0 radical (unpaired) electrons. The van der Waals surface area contributed by atoms with Crippen molar-refractivity contribution in [1.29, 1.82) is 0 Å². The summed E-state index contributed by atoms with van der Waals surface area (Å²) in [4.78, 5) is 0. The van der Waals surface area contributed by atoms with Crippen molar-refractivity contribution in [2.45, 2.75) is 0 Å². The van der Waals surface area contributed by atoms with E-state index in [1.165, 1.54) is 14.2 Å². The van der Waals surface area contributed by atoms with Gasteiger partial charge in [0.05, 0.1) is 14.2 Å². The van der Waals surface area contributed by atoms with E-state index in [0.717, 1.165) is 0 Å². The van der Waals surface area contributed by atoms with Gasteiger partial charge in [-0.1, -0.05) is 0 Å². The first-order valence-electron chi connectivity index (χ1n) is 2.04. The van der Waals surface area contributed by atoms with Crippen LogP contribution in [-0.2, 0) is 51.2 Å². The molecule has 0 fully saturated rings. The molecule has 0 aromatic heterocycles. The maximum Gasteiger partial charge on any atom is 2.00 e. The minimum atomic E-state index is 0. The van der Waals surface area contributed by atoms with E-state index in [0.29, 0.717) is 0 Å². The molecule has 0 rings (SSSR count). The number of thiocarbonyl (C=S) groups is 2. The molecule has 2 nitrogen and oxygen atoms in total. The maximum atomic E-state index is 4.30. The van der Waals surface area contributed by atoms with E-state index >= 15 is 0 Å². The zero-order valence-corrected chi connectivity index (χ0v) is 10.0. The average molecular weight is 273 g/mol. The second-order valence-electron chi connectivity index (χ2n) is 0.908. The van der Waals surface area contributed by atoms with Crippen LogP contribution in [0.2, 0.25) is 0 Å². The first kappa shape index (κ1) is 17.7. The Morgan fingerprint density at radius 2 is 1.09 bits per heavy atom. The molecule has 0 bridgehead atoms. The summed E-state index contributed by atoms with van der Waals surface area (Å²) < 4.78 is 8.94. The van der Waals surface area contributed by atoms with Crippen molar-refractivity contribution in [2.24, 2.45) is 0 Å². The number of hydrogen-bond acceptors (Lipinski definition) is 6. The molecule has 0 aromatic carbocycles. The van der Waals surface area contributed by atoms with Crippen molar-refractivity contribution in [3.8, 4) is 0 Å². The van der Waals surface area contributed by atoms with Crippen molar-refractivity contribution < 1.29 is 26.0 Å². The van der Waals surface area contributed by atoms with E-state index in [9.17, 15) is 0 Å². The fourth-order valence-corrected chi connectivity index (χ4v) is 0. The van der Waals surface area contributed by atoms with Gasteiger partial charge in [-0.3, -0.25) is 0 Å². The first-order valence-corrected chi connectivity index (χ1v) is 3.67. The van der Waals surface area contributed by atoms with Gasteiger partial charge >= 0.3 is 16.5 Å². The standard InChI is InChI=1S/2C2H4OS2.Ni/c2*1-3-2(4)5;/h2*1H3,(H,4,5);/q;;+2/p-2. The van der Waals surface area contributed by atoms with E-state index in [1.54, 1.807) is 0 Å². The van der Waals surface area contributed by atoms with Crippen LogP contribution in [0, 0.1) is 0 Å². The van der Waals surface area contributed by atoms with Gasteiger partial charge in [0.15, 0.2) is 0 Å². The normalized spacial score (nSPS) is 6.00. The van der Waals surface area contributed by atoms with Gasteiger partial charge in [-0.15, -0.1) is 0 Å². The zero-order valence-electron chi connectivity index (χ0n) is 5.77. The third kappa shape index (κ3) is 36.6. The average Bonchev–Trinajstić information content (AvgIpc) is 1.89. The maximum absolute atomic E-state index is 4.30. The van der Waals surface area contributed by atoms with Gasteiger partial charge in [-0.25, -0.2) is 0 Å². The molecule has 0 aliphatic carbocycles. The van der Waals surface area contributed by atoms with Crippen LogP contribution in [0.15, 0.2) is 0 Å². The second-order valence-corrected chi connectivity index (χ2v) is 2.91. The quantitative estimate of drug-likeness (QED) is 0.368. The molecule has 0 N–H and O–H groups in total. The van der Waals surface area contributed by atoms with E-state index in [-0.39, 0.29) is 25.3 Å². The SMILES string of the molecule is COC(=S)[S-].COC(=S)[S-].[Ni+2]. The van der Waals surface area contributed by atoms with Crippen LogP contribution in [0.3, 0.4) is 0 Å². The van der Waals surface area contributed by atoms with Crippen LogP contribution in [-0.4, -0.2) is 23.0 Å². The fourth-order valence-electron chi connectivity index (χ4n) is 0. The molecule has 0 aromatic rings. The van der Waals surface area contributed by atoms with Crippen molar-refractivity contribution in [1.82, 2.24) is 0 Å². The van der Waals surface area contributed by atoms with Crippen LogP contribution in [0.1, 0.15) is 0 Å². The molecule has 0 saturated heterocycles. The van der Waals surface area contributed by atoms with E-state index in [1.807, 2.05) is 0 Å². The van der Waals surface area contributed by atoms with Crippen molar-refractivity contribution in [3.63, 3.8) is 0 Å². The van der Waals surface area contributed by atoms with Gasteiger partial charge in [0.25, 0.3) is 0 Å². The summed E-state index contributed by atoms with van der Waals surface area (Å²) >= 11 is 17.2. The van der Waals surface area contributed by atoms with Gasteiger partial charge in [-0.05, 0) is 0 Å². The Kier molecular flexibility index (Phi) is 21.4. The molecule has 7 heteroatoms. The van der Waals surface area contributed by atoms with Gasteiger partial charge in [0.2, 0.25) is 0 Å². The summed E-state index contributed by atoms with van der Waals surface area (Å²) in [6.45, 7) is 0. The summed E-state index contributed by atoms with van der Waals surface area (Å²) in [7, 11) is 2.91. The van der Waals surface area contributed by atoms with Gasteiger partial charge in [0, 0.05) is 8.77 Å². The predicted octanol–water partition coefficient (Wildman–Crippen LogP) is 0.927. The monoisotopic (exact) mass is 272 g/mol. The molecular weight excluding hydrogens is 267 g/mol. The van der Waals surface area contributed by atoms with Crippen LogP contribution in [0.5, 0.6) is 0 Å². The largest absolute Gasteiger partial charge is 2.00 e. The second kappa shape index (κ2) is 13.3. The number of ether oxygens (including phenoxy) is 2. The smallest absolute Gasteiger partial charge is 0.517 e. The Balaban J connectivity index is -0.000000107. The topological polar surface area (TPSA) is 18.5 Å². The number of hydrogen-bond donors (Lipinski definition) is 0. The molecule has 0 aliphatic rings. The van der Waals surface area contributed by atoms with Crippen molar-refractivity contribution in [3.05, 3.63) is 0 Å². The van der Waals surface area contributed by atoms with Crippen LogP contribution >= 0.6 is 24.4 Å². The Morgan fingerprint density at radius 3 is 1.09 bits per heavy atom. The molecule has 0 unspecified atom stereocenters. The minimum Gasteiger partial charge on any atom is -0.517 e. The van der Waals surface area contributed by atoms with Gasteiger partial charge in [0.1, 0.15) is 0 Å². The molecule has 0 heterocycles. The minimum absolute atomic E-state index is 0. The first-order chi connectivity index (χ1) is 4.54. The Bertz CT molecular complexity index is 105. The molecule has 0 saturated carbocycles. The van der Waals surface area contributed by atoms with E-state index < -0.39 is 0 Å². The predicted molar refractivity (Wildman–Crippen MR) is 53.9 cm³/mol. The van der Waals surface area contributed by atoms with Gasteiger partial charge < -0.3 is 59.2 Å². The molecule has 68 valence electrons. The van der Waals surface area contributed by atoms with Crippen LogP contribution < -0.4 is 0 Å². The number of methoxy groups -OCH3 is 2. The summed E-state index contributed by atoms with van der Waals surface area (Å²) in [5.74, 6) is 0. The summed E-state index contributed by atoms with van der Waals surface area (Å²) in [6.07, 6.45) is 0. The molecule has 0 spiro atoms. The van der Waals surface area contributed by atoms with Crippen molar-refractivity contribution >= 4 is 58.5 Å². The Labute approximate surface area is 98.1 Å². The van der Waals surface area contributed by atoms with E-state index in [2.05, 4.69) is 59.2 Å². The third-order valence-corrected chi connectivity index (χ3v) is 1.00. The van der Waals surface area contributed by atoms with Crippen LogP contribution in [0.4, 0.5) is 0 Å². The zero-order chi connectivity index (χ0) is 8.57. The van der Waals surface area contributed by atoms with Gasteiger partial charge in [-0.2, -0.15) is 0 Å². The van der Waals surface area contributed by atoms with Crippen molar-refractivity contribution in [2.75, 3.05) is 14.2 Å². The summed E-state index contributed by atoms with van der Waals surface area (Å²) in [6, 6.07) is 0. The summed E-state index contributed by atoms with van der Waals surface area (Å²) in [5, 5.41) is 0. The Hall–Kier alpha value is 0.714. The summed E-state index contributed by atoms with van der Waals surface area (Å²) in [5.41, 5.74) is 0. The fraction of sp³-hybridized carbons (Fsp3) is 0.500. The van der Waals surface area contributed by atoms with Crippen LogP contribution in [0.25, 0.3) is 0 Å². The Morgan fingerprint density at radius 1 is 1.00 bits per heavy atom. The molecule has 0 atom stereocenters. The third-order valence-electron chi connectivity index (χ3n) is 0.333. The molecule has 0 amide bonds.